The molecule has 33 heavy (non-hydrogen) atoms. The molecule has 176 valence electrons. The van der Waals surface area contributed by atoms with Crippen LogP contribution in [-0.2, 0) is 0 Å². The number of likely N-dealkylation sites (tertiary alicyclic amines) is 1. The first-order valence-corrected chi connectivity index (χ1v) is 10.4. The highest BCUT2D eigenvalue weighted by molar-refractivity contribution is 6.31. The van der Waals surface area contributed by atoms with Gasteiger partial charge in [0.1, 0.15) is 29.4 Å². The van der Waals surface area contributed by atoms with E-state index in [4.69, 9.17) is 27.2 Å². The molecule has 1 saturated heterocycles. The number of nitrogens with two attached hydrogens (primary N) is 1. The van der Waals surface area contributed by atoms with Gasteiger partial charge in [-0.1, -0.05) is 11.6 Å². The highest BCUT2D eigenvalue weighted by atomic mass is 35.5. The molecule has 3 aromatic rings. The normalized spacial score (nSPS) is 15.2. The maximum Gasteiger partial charge on any atom is 0.407 e. The van der Waals surface area contributed by atoms with Crippen LogP contribution in [-0.4, -0.2) is 55.5 Å². The SMILES string of the molecule is CCOc1c(C(C)n2nc(C(F)F)c3c(N)ncnc32)cc(Cl)c(F)c1C1CN(C(=O)O)C1. The van der Waals surface area contributed by atoms with Crippen LogP contribution in [0.3, 0.4) is 0 Å². The number of hydrogen-bond acceptors (Lipinski definition) is 6. The molecule has 0 aliphatic carbocycles. The summed E-state index contributed by atoms with van der Waals surface area (Å²) in [5.41, 5.74) is 5.84. The van der Waals surface area contributed by atoms with Gasteiger partial charge in [-0.25, -0.2) is 32.6 Å². The van der Waals surface area contributed by atoms with Gasteiger partial charge in [0, 0.05) is 30.1 Å². The molecule has 2 aromatic heterocycles. The summed E-state index contributed by atoms with van der Waals surface area (Å²) >= 11 is 6.19. The van der Waals surface area contributed by atoms with Crippen LogP contribution in [0.15, 0.2) is 12.4 Å². The van der Waals surface area contributed by atoms with E-state index in [9.17, 15) is 13.6 Å². The van der Waals surface area contributed by atoms with Gasteiger partial charge in [0.05, 0.1) is 23.1 Å². The molecule has 1 aliphatic heterocycles. The lowest BCUT2D eigenvalue weighted by Gasteiger charge is -2.38. The number of rotatable bonds is 6. The Kier molecular flexibility index (Phi) is 5.95. The average Bonchev–Trinajstić information content (AvgIpc) is 3.12. The van der Waals surface area contributed by atoms with E-state index in [0.29, 0.717) is 5.56 Å². The fraction of sp³-hybridized carbons (Fsp3) is 0.400. The molecule has 3 N–H and O–H groups in total. The predicted octanol–water partition coefficient (Wildman–Crippen LogP) is 4.22. The topological polar surface area (TPSA) is 119 Å². The Morgan fingerprint density at radius 3 is 2.70 bits per heavy atom. The number of nitrogen functional groups attached to an aromatic ring is 1. The zero-order valence-electron chi connectivity index (χ0n) is 17.6. The molecule has 1 unspecified atom stereocenters. The zero-order valence-corrected chi connectivity index (χ0v) is 18.4. The first-order valence-electron chi connectivity index (χ1n) is 10.0. The Labute approximate surface area is 190 Å². The molecular formula is C20H20ClF3N6O3. The van der Waals surface area contributed by atoms with Crippen LogP contribution in [0.1, 0.15) is 49.1 Å². The second kappa shape index (κ2) is 8.58. The van der Waals surface area contributed by atoms with Crippen molar-refractivity contribution in [2.24, 2.45) is 0 Å². The number of ether oxygens (including phenoxy) is 1. The number of alkyl halides is 2. The molecule has 3 heterocycles. The zero-order chi connectivity index (χ0) is 24.0. The van der Waals surface area contributed by atoms with E-state index in [1.54, 1.807) is 13.8 Å². The standard InChI is InChI=1S/C20H20ClF3N6O3/c1-3-33-16-10(4-11(21)14(22)12(16)9-5-29(6-9)20(31)32)8(2)30-19-13(15(28-30)17(23)24)18(25)26-7-27-19/h4,7-9,17H,3,5-6H2,1-2H3,(H,31,32)(H2,25,26,27). The number of aromatic nitrogens is 4. The van der Waals surface area contributed by atoms with Gasteiger partial charge in [0.15, 0.2) is 5.65 Å². The number of fused-ring (bicyclic) bond motifs is 1. The van der Waals surface area contributed by atoms with Crippen LogP contribution in [0.2, 0.25) is 5.02 Å². The van der Waals surface area contributed by atoms with Crippen LogP contribution in [0.4, 0.5) is 23.8 Å². The minimum atomic E-state index is -2.93. The largest absolute Gasteiger partial charge is 0.493 e. The third-order valence-electron chi connectivity index (χ3n) is 5.65. The maximum absolute atomic E-state index is 15.1. The second-order valence-electron chi connectivity index (χ2n) is 7.59. The van der Waals surface area contributed by atoms with E-state index in [1.807, 2.05) is 0 Å². The lowest BCUT2D eigenvalue weighted by Crippen LogP contribution is -2.48. The Bertz CT molecular complexity index is 1230. The van der Waals surface area contributed by atoms with E-state index in [2.05, 4.69) is 15.1 Å². The van der Waals surface area contributed by atoms with Crippen LogP contribution >= 0.6 is 11.6 Å². The van der Waals surface area contributed by atoms with E-state index in [0.717, 1.165) is 11.2 Å². The molecule has 1 amide bonds. The van der Waals surface area contributed by atoms with Gasteiger partial charge in [-0.05, 0) is 19.9 Å². The van der Waals surface area contributed by atoms with Crippen molar-refractivity contribution < 1.29 is 27.8 Å². The highest BCUT2D eigenvalue weighted by Gasteiger charge is 2.38. The molecule has 13 heteroatoms. The fourth-order valence-corrected chi connectivity index (χ4v) is 4.24. The number of benzene rings is 1. The summed E-state index contributed by atoms with van der Waals surface area (Å²) in [7, 11) is 0. The Balaban J connectivity index is 1.88. The van der Waals surface area contributed by atoms with Crippen LogP contribution in [0.5, 0.6) is 5.75 Å². The Hall–Kier alpha value is -3.28. The number of carboxylic acid groups (broad SMARTS) is 1. The molecule has 9 nitrogen and oxygen atoms in total. The van der Waals surface area contributed by atoms with Gasteiger partial charge in [-0.3, -0.25) is 0 Å². The van der Waals surface area contributed by atoms with E-state index >= 15 is 4.39 Å². The molecule has 0 spiro atoms. The average molecular weight is 485 g/mol. The molecule has 0 saturated carbocycles. The molecule has 1 atom stereocenters. The van der Waals surface area contributed by atoms with Crippen molar-refractivity contribution in [3.8, 4) is 5.75 Å². The van der Waals surface area contributed by atoms with E-state index in [1.165, 1.54) is 10.7 Å². The summed E-state index contributed by atoms with van der Waals surface area (Å²) in [6.45, 7) is 3.69. The summed E-state index contributed by atoms with van der Waals surface area (Å²) in [5, 5.41) is 12.9. The van der Waals surface area contributed by atoms with Gasteiger partial charge in [0.2, 0.25) is 0 Å². The van der Waals surface area contributed by atoms with Crippen LogP contribution in [0, 0.1) is 5.82 Å². The van der Waals surface area contributed by atoms with Gasteiger partial charge in [-0.15, -0.1) is 0 Å². The number of nitrogens with zero attached hydrogens (tertiary/aromatic N) is 5. The minimum absolute atomic E-state index is 0.0677. The van der Waals surface area contributed by atoms with Crippen molar-refractivity contribution >= 4 is 34.5 Å². The van der Waals surface area contributed by atoms with Gasteiger partial charge >= 0.3 is 6.09 Å². The summed E-state index contributed by atoms with van der Waals surface area (Å²) in [5.74, 6) is -1.15. The molecule has 4 rings (SSSR count). The highest BCUT2D eigenvalue weighted by Crippen LogP contribution is 2.44. The first-order chi connectivity index (χ1) is 15.6. The summed E-state index contributed by atoms with van der Waals surface area (Å²) in [4.78, 5) is 20.2. The van der Waals surface area contributed by atoms with E-state index in [-0.39, 0.29) is 52.9 Å². The molecule has 0 radical (unpaired) electrons. The summed E-state index contributed by atoms with van der Waals surface area (Å²) in [6.07, 6.45) is -2.90. The lowest BCUT2D eigenvalue weighted by molar-refractivity contribution is 0.103. The number of halogens is 4. The third-order valence-corrected chi connectivity index (χ3v) is 5.93. The molecule has 1 aliphatic rings. The monoisotopic (exact) mass is 484 g/mol. The van der Waals surface area contributed by atoms with Crippen LogP contribution < -0.4 is 10.5 Å². The van der Waals surface area contributed by atoms with Crippen molar-refractivity contribution in [1.29, 1.82) is 0 Å². The van der Waals surface area contributed by atoms with Gasteiger partial charge < -0.3 is 20.5 Å². The van der Waals surface area contributed by atoms with Crippen LogP contribution in [0.25, 0.3) is 11.0 Å². The fourth-order valence-electron chi connectivity index (χ4n) is 4.02. The van der Waals surface area contributed by atoms with E-state index < -0.39 is 36.0 Å². The number of hydrogen-bond donors (Lipinski definition) is 2. The van der Waals surface area contributed by atoms with Crippen molar-refractivity contribution in [3.05, 3.63) is 40.1 Å². The third kappa shape index (κ3) is 3.77. The summed E-state index contributed by atoms with van der Waals surface area (Å²) < 4.78 is 49.5. The number of carbonyl (C=O) groups is 1. The Morgan fingerprint density at radius 2 is 2.09 bits per heavy atom. The van der Waals surface area contributed by atoms with Crippen molar-refractivity contribution in [3.63, 3.8) is 0 Å². The molecule has 0 bridgehead atoms. The molecular weight excluding hydrogens is 465 g/mol. The van der Waals surface area contributed by atoms with Gasteiger partial charge in [0.25, 0.3) is 6.43 Å². The van der Waals surface area contributed by atoms with Crippen molar-refractivity contribution in [1.82, 2.24) is 24.6 Å². The van der Waals surface area contributed by atoms with Crippen molar-refractivity contribution in [2.45, 2.75) is 32.2 Å². The quantitative estimate of drug-likeness (QED) is 0.537. The predicted molar refractivity (Wildman–Crippen MR) is 113 cm³/mol. The number of amides is 1. The maximum atomic E-state index is 15.1. The molecule has 1 fully saturated rings. The van der Waals surface area contributed by atoms with Crippen molar-refractivity contribution in [2.75, 3.05) is 25.4 Å². The first kappa shape index (κ1) is 22.9. The summed E-state index contributed by atoms with van der Waals surface area (Å²) in [6, 6.07) is 0.590. The molecule has 1 aromatic carbocycles. The number of anilines is 1. The Morgan fingerprint density at radius 1 is 1.39 bits per heavy atom. The lowest BCUT2D eigenvalue weighted by atomic mass is 9.88. The smallest absolute Gasteiger partial charge is 0.407 e. The second-order valence-corrected chi connectivity index (χ2v) is 7.99. The van der Waals surface area contributed by atoms with Gasteiger partial charge in [-0.2, -0.15) is 5.10 Å². The minimum Gasteiger partial charge on any atom is -0.493 e.